The summed E-state index contributed by atoms with van der Waals surface area (Å²) in [7, 11) is 0. The van der Waals surface area contributed by atoms with Crippen molar-refractivity contribution in [3.63, 3.8) is 0 Å². The van der Waals surface area contributed by atoms with Gasteiger partial charge in [0.1, 0.15) is 35.7 Å². The zero-order valence-corrected chi connectivity index (χ0v) is 23.2. The van der Waals surface area contributed by atoms with Gasteiger partial charge in [0.25, 0.3) is 0 Å². The maximum absolute atomic E-state index is 13.4. The number of nitrogens with zero attached hydrogens (tertiary/aromatic N) is 1. The van der Waals surface area contributed by atoms with Crippen molar-refractivity contribution in [1.82, 2.24) is 4.90 Å². The van der Waals surface area contributed by atoms with E-state index in [-0.39, 0.29) is 17.6 Å². The molecule has 5 atom stereocenters. The number of phenolic OH excluding ortho intramolecular Hbond substituents is 2. The van der Waals surface area contributed by atoms with Crippen LogP contribution in [0, 0.1) is 17.8 Å². The molecule has 1 aliphatic carbocycles. The number of phenols is 2. The molecule has 2 heterocycles. The van der Waals surface area contributed by atoms with Gasteiger partial charge in [0.05, 0.1) is 5.56 Å². The van der Waals surface area contributed by atoms with Crippen LogP contribution in [0.2, 0.25) is 0 Å². The molecule has 1 fully saturated rings. The maximum Gasteiger partial charge on any atom is 0.419 e. The average Bonchev–Trinajstić information content (AvgIpc) is 3.33. The quantitative estimate of drug-likeness (QED) is 0.393. The first-order valence-corrected chi connectivity index (χ1v) is 13.8. The molecule has 3 unspecified atom stereocenters. The topological polar surface area (TPSA) is 62.2 Å². The number of fused-ring (bicyclic) bond motifs is 1. The summed E-state index contributed by atoms with van der Waals surface area (Å²) >= 11 is 0. The Morgan fingerprint density at radius 2 is 1.90 bits per heavy atom. The van der Waals surface area contributed by atoms with E-state index in [1.54, 1.807) is 18.2 Å². The highest BCUT2D eigenvalue weighted by molar-refractivity contribution is 5.95. The smallest absolute Gasteiger partial charge is 0.419 e. The second kappa shape index (κ2) is 10.9. The van der Waals surface area contributed by atoms with Gasteiger partial charge >= 0.3 is 6.18 Å². The van der Waals surface area contributed by atoms with Crippen LogP contribution in [0.3, 0.4) is 0 Å². The van der Waals surface area contributed by atoms with E-state index in [0.717, 1.165) is 36.6 Å². The number of allylic oxidation sites excluding steroid dienone is 3. The lowest BCUT2D eigenvalue weighted by Gasteiger charge is -2.37. The fourth-order valence-corrected chi connectivity index (χ4v) is 6.03. The molecular formula is C32H36F3NO4. The van der Waals surface area contributed by atoms with Crippen molar-refractivity contribution in [3.05, 3.63) is 77.1 Å². The van der Waals surface area contributed by atoms with E-state index in [1.165, 1.54) is 12.5 Å². The van der Waals surface area contributed by atoms with E-state index in [9.17, 15) is 23.4 Å². The van der Waals surface area contributed by atoms with E-state index in [2.05, 4.69) is 31.7 Å². The predicted molar refractivity (Wildman–Crippen MR) is 149 cm³/mol. The number of benzene rings is 2. The van der Waals surface area contributed by atoms with Crippen molar-refractivity contribution in [3.8, 4) is 17.2 Å². The molecule has 0 radical (unpaired) electrons. The highest BCUT2D eigenvalue weighted by atomic mass is 19.4. The molecule has 0 bridgehead atoms. The molecule has 0 aromatic heterocycles. The number of alkyl halides is 3. The Morgan fingerprint density at radius 1 is 1.12 bits per heavy atom. The van der Waals surface area contributed by atoms with Crippen molar-refractivity contribution in [1.29, 1.82) is 0 Å². The summed E-state index contributed by atoms with van der Waals surface area (Å²) in [5.74, 6) is 1.15. The van der Waals surface area contributed by atoms with E-state index in [1.807, 2.05) is 19.1 Å². The molecule has 0 spiro atoms. The van der Waals surface area contributed by atoms with E-state index < -0.39 is 23.6 Å². The Labute approximate surface area is 233 Å². The van der Waals surface area contributed by atoms with Gasteiger partial charge < -0.3 is 19.7 Å². The van der Waals surface area contributed by atoms with Crippen molar-refractivity contribution in [2.45, 2.75) is 52.4 Å². The molecule has 0 amide bonds. The van der Waals surface area contributed by atoms with E-state index >= 15 is 0 Å². The molecule has 2 N–H and O–H groups in total. The first-order valence-electron chi connectivity index (χ1n) is 13.8. The summed E-state index contributed by atoms with van der Waals surface area (Å²) in [4.78, 5) is 2.45. The van der Waals surface area contributed by atoms with Gasteiger partial charge in [-0.3, -0.25) is 4.90 Å². The van der Waals surface area contributed by atoms with Crippen LogP contribution in [-0.4, -0.2) is 47.0 Å². The van der Waals surface area contributed by atoms with Crippen LogP contribution >= 0.6 is 0 Å². The molecule has 1 saturated heterocycles. The Kier molecular flexibility index (Phi) is 7.66. The van der Waals surface area contributed by atoms with Crippen molar-refractivity contribution >= 4 is 11.1 Å². The SMILES string of the molecule is CC1=C(c2ccc(C(F)(F)F)c(O)c2)C(C2C=CC(OC[C@H](C)N3CC[C@@H](C)C3)=CC2C)Oc2ccc(O)cc21. The third-order valence-corrected chi connectivity index (χ3v) is 8.36. The van der Waals surface area contributed by atoms with Crippen molar-refractivity contribution in [2.75, 3.05) is 19.7 Å². The fraction of sp³-hybridized carbons (Fsp3) is 0.438. The van der Waals surface area contributed by atoms with Crippen LogP contribution in [0.15, 0.2) is 60.4 Å². The molecular weight excluding hydrogens is 519 g/mol. The van der Waals surface area contributed by atoms with Gasteiger partial charge in [-0.2, -0.15) is 13.2 Å². The van der Waals surface area contributed by atoms with Crippen LogP contribution in [0.25, 0.3) is 11.1 Å². The Balaban J connectivity index is 1.42. The molecule has 40 heavy (non-hydrogen) atoms. The van der Waals surface area contributed by atoms with Gasteiger partial charge in [-0.25, -0.2) is 0 Å². The largest absolute Gasteiger partial charge is 0.508 e. The molecule has 214 valence electrons. The van der Waals surface area contributed by atoms with Gasteiger partial charge in [-0.05, 0) is 92.3 Å². The molecule has 2 aromatic rings. The van der Waals surface area contributed by atoms with E-state index in [4.69, 9.17) is 9.47 Å². The number of aromatic hydroxyl groups is 2. The summed E-state index contributed by atoms with van der Waals surface area (Å²) in [5.41, 5.74) is 1.43. The van der Waals surface area contributed by atoms with Gasteiger partial charge in [-0.1, -0.05) is 26.0 Å². The number of hydrogen-bond donors (Lipinski definition) is 2. The molecule has 0 saturated carbocycles. The molecule has 3 aliphatic rings. The summed E-state index contributed by atoms with van der Waals surface area (Å²) in [6.45, 7) is 11.1. The number of ether oxygens (including phenoxy) is 2. The average molecular weight is 556 g/mol. The normalized spacial score (nSPS) is 25.8. The minimum Gasteiger partial charge on any atom is -0.508 e. The highest BCUT2D eigenvalue weighted by Gasteiger charge is 2.38. The molecule has 5 rings (SSSR count). The lowest BCUT2D eigenvalue weighted by molar-refractivity contribution is -0.138. The molecule has 2 aliphatic heterocycles. The predicted octanol–water partition coefficient (Wildman–Crippen LogP) is 7.26. The maximum atomic E-state index is 13.4. The van der Waals surface area contributed by atoms with Crippen LogP contribution in [0.1, 0.15) is 50.8 Å². The fourth-order valence-electron chi connectivity index (χ4n) is 6.03. The first-order chi connectivity index (χ1) is 18.9. The zero-order chi connectivity index (χ0) is 28.8. The minimum absolute atomic E-state index is 0.00312. The summed E-state index contributed by atoms with van der Waals surface area (Å²) in [6.07, 6.45) is 2.05. The summed E-state index contributed by atoms with van der Waals surface area (Å²) in [5, 5.41) is 20.4. The number of hydrogen-bond acceptors (Lipinski definition) is 5. The molecule has 8 heteroatoms. The van der Waals surface area contributed by atoms with Crippen molar-refractivity contribution in [2.24, 2.45) is 17.8 Å². The Morgan fingerprint density at radius 3 is 2.55 bits per heavy atom. The lowest BCUT2D eigenvalue weighted by atomic mass is 9.77. The Bertz CT molecular complexity index is 1360. The van der Waals surface area contributed by atoms with Crippen molar-refractivity contribution < 1.29 is 32.9 Å². The van der Waals surface area contributed by atoms with Crippen LogP contribution < -0.4 is 4.74 Å². The second-order valence-corrected chi connectivity index (χ2v) is 11.4. The highest BCUT2D eigenvalue weighted by Crippen LogP contribution is 2.47. The molecule has 5 nitrogen and oxygen atoms in total. The first kappa shape index (κ1) is 28.1. The lowest BCUT2D eigenvalue weighted by Crippen LogP contribution is -2.36. The van der Waals surface area contributed by atoms with Gasteiger partial charge in [0.15, 0.2) is 0 Å². The monoisotopic (exact) mass is 555 g/mol. The second-order valence-electron chi connectivity index (χ2n) is 11.4. The summed E-state index contributed by atoms with van der Waals surface area (Å²) < 4.78 is 52.7. The molecule has 2 aromatic carbocycles. The zero-order valence-electron chi connectivity index (χ0n) is 23.2. The van der Waals surface area contributed by atoms with Gasteiger partial charge in [0.2, 0.25) is 0 Å². The number of likely N-dealkylation sites (tertiary alicyclic amines) is 1. The Hall–Kier alpha value is -3.39. The van der Waals surface area contributed by atoms with Gasteiger partial charge in [-0.15, -0.1) is 0 Å². The van der Waals surface area contributed by atoms with E-state index in [0.29, 0.717) is 41.0 Å². The number of halogens is 3. The minimum atomic E-state index is -4.67. The standard InChI is InChI=1S/C32H36F3NO4/c1-18-11-12-36(16-18)20(3)17-39-24-7-8-25(19(2)13-24)31-30(21(4)26-15-23(37)6-10-29(26)40-31)22-5-9-27(28(38)14-22)32(33,34)35/h5-10,13-15,18-20,25,31,37-38H,11-12,16-17H2,1-4H3/t18-,19?,20+,25?,31?/m1/s1. The summed E-state index contributed by atoms with van der Waals surface area (Å²) in [6, 6.07) is 8.55. The third-order valence-electron chi connectivity index (χ3n) is 8.36. The van der Waals surface area contributed by atoms with Crippen LogP contribution in [-0.2, 0) is 10.9 Å². The van der Waals surface area contributed by atoms with Crippen LogP contribution in [0.5, 0.6) is 17.2 Å². The third kappa shape index (κ3) is 5.59. The number of rotatable bonds is 6. The van der Waals surface area contributed by atoms with Crippen LogP contribution in [0.4, 0.5) is 13.2 Å². The van der Waals surface area contributed by atoms with Gasteiger partial charge in [0, 0.05) is 29.6 Å².